The molecule has 2 heterocycles. The first-order valence-electron chi connectivity index (χ1n) is 4.85. The van der Waals surface area contributed by atoms with Gasteiger partial charge in [0.15, 0.2) is 5.82 Å². The fraction of sp³-hybridized carbons (Fsp3) is 0.625. The Balaban J connectivity index is 2.07. The van der Waals surface area contributed by atoms with Gasteiger partial charge in [0, 0.05) is 0 Å². The van der Waals surface area contributed by atoms with Crippen molar-refractivity contribution < 1.29 is 9.90 Å². The minimum atomic E-state index is -0.884. The summed E-state index contributed by atoms with van der Waals surface area (Å²) in [5, 5.41) is 17.3. The zero-order chi connectivity index (χ0) is 11.5. The third kappa shape index (κ3) is 2.43. The Morgan fingerprint density at radius 1 is 1.69 bits per heavy atom. The van der Waals surface area contributed by atoms with E-state index in [1.54, 1.807) is 0 Å². The summed E-state index contributed by atoms with van der Waals surface area (Å²) in [6.45, 7) is 0. The van der Waals surface area contributed by atoms with E-state index >= 15 is 0 Å². The van der Waals surface area contributed by atoms with E-state index in [0.717, 1.165) is 29.8 Å². The normalized spacial score (nSPS) is 20.1. The maximum absolute atomic E-state index is 10.4. The van der Waals surface area contributed by atoms with Gasteiger partial charge in [-0.1, -0.05) is 11.8 Å². The second-order valence-corrected chi connectivity index (χ2v) is 5.65. The molecular formula is C8H12N4O2S2. The Hall–Kier alpha value is -0.890. The van der Waals surface area contributed by atoms with Crippen LogP contribution in [0.15, 0.2) is 5.16 Å². The molecule has 1 atom stereocenters. The van der Waals surface area contributed by atoms with Crippen LogP contribution in [0, 0.1) is 0 Å². The molecule has 0 radical (unpaired) electrons. The lowest BCUT2D eigenvalue weighted by Gasteiger charge is -2.07. The lowest BCUT2D eigenvalue weighted by atomic mass is 10.2. The van der Waals surface area contributed by atoms with Crippen molar-refractivity contribution in [3.63, 3.8) is 0 Å². The van der Waals surface area contributed by atoms with Crippen LogP contribution in [-0.4, -0.2) is 37.5 Å². The van der Waals surface area contributed by atoms with E-state index in [-0.39, 0.29) is 5.75 Å². The van der Waals surface area contributed by atoms with Gasteiger partial charge in [-0.25, -0.2) is 4.68 Å². The van der Waals surface area contributed by atoms with Gasteiger partial charge in [0.25, 0.3) is 0 Å². The molecule has 1 unspecified atom stereocenters. The molecule has 0 bridgehead atoms. The Morgan fingerprint density at radius 3 is 3.12 bits per heavy atom. The maximum Gasteiger partial charge on any atom is 0.313 e. The summed E-state index contributed by atoms with van der Waals surface area (Å²) in [7, 11) is 0. The van der Waals surface area contributed by atoms with Crippen molar-refractivity contribution in [2.45, 2.75) is 23.2 Å². The summed E-state index contributed by atoms with van der Waals surface area (Å²) in [6, 6.07) is 0. The first-order chi connectivity index (χ1) is 7.68. The van der Waals surface area contributed by atoms with Crippen molar-refractivity contribution >= 4 is 29.5 Å². The highest BCUT2D eigenvalue weighted by Crippen LogP contribution is 2.39. The summed E-state index contributed by atoms with van der Waals surface area (Å²) in [6.07, 6.45) is 2.23. The quantitative estimate of drug-likeness (QED) is 0.609. The summed E-state index contributed by atoms with van der Waals surface area (Å²) < 4.78 is 1.41. The summed E-state index contributed by atoms with van der Waals surface area (Å²) in [5.74, 6) is 6.77. The van der Waals surface area contributed by atoms with Gasteiger partial charge in [0.1, 0.15) is 0 Å². The number of carbonyl (C=O) groups is 1. The van der Waals surface area contributed by atoms with E-state index in [0.29, 0.717) is 10.4 Å². The van der Waals surface area contributed by atoms with Crippen LogP contribution in [0.4, 0.5) is 0 Å². The number of nitrogens with two attached hydrogens (primary N) is 1. The number of nitrogens with zero attached hydrogens (tertiary/aromatic N) is 3. The minimum Gasteiger partial charge on any atom is -0.481 e. The SMILES string of the molecule is Nn1c(SCC(=O)O)nnc1C1CCCS1. The third-order valence-electron chi connectivity index (χ3n) is 2.23. The Morgan fingerprint density at radius 2 is 2.50 bits per heavy atom. The van der Waals surface area contributed by atoms with Crippen LogP contribution in [0.5, 0.6) is 0 Å². The molecule has 6 nitrogen and oxygen atoms in total. The molecule has 16 heavy (non-hydrogen) atoms. The van der Waals surface area contributed by atoms with Crippen LogP contribution in [0.1, 0.15) is 23.9 Å². The third-order valence-corrected chi connectivity index (χ3v) is 4.53. The van der Waals surface area contributed by atoms with Crippen molar-refractivity contribution in [3.05, 3.63) is 5.82 Å². The monoisotopic (exact) mass is 260 g/mol. The van der Waals surface area contributed by atoms with Crippen LogP contribution in [0.3, 0.4) is 0 Å². The molecule has 3 N–H and O–H groups in total. The lowest BCUT2D eigenvalue weighted by Crippen LogP contribution is -2.15. The zero-order valence-electron chi connectivity index (χ0n) is 8.50. The molecule has 1 saturated heterocycles. The van der Waals surface area contributed by atoms with Crippen molar-refractivity contribution in [2.24, 2.45) is 0 Å². The molecule has 88 valence electrons. The fourth-order valence-corrected chi connectivity index (χ4v) is 3.36. The average molecular weight is 260 g/mol. The van der Waals surface area contributed by atoms with E-state index in [1.165, 1.54) is 11.1 Å². The number of thioether (sulfide) groups is 2. The topological polar surface area (TPSA) is 94.0 Å². The molecule has 1 aliphatic rings. The number of hydrogen-bond donors (Lipinski definition) is 2. The van der Waals surface area contributed by atoms with Crippen molar-refractivity contribution in [1.29, 1.82) is 0 Å². The van der Waals surface area contributed by atoms with E-state index < -0.39 is 5.97 Å². The van der Waals surface area contributed by atoms with Crippen molar-refractivity contribution in [1.82, 2.24) is 14.9 Å². The fourth-order valence-electron chi connectivity index (χ4n) is 1.51. The van der Waals surface area contributed by atoms with Gasteiger partial charge in [0.2, 0.25) is 5.16 Å². The molecule has 1 aliphatic heterocycles. The summed E-state index contributed by atoms with van der Waals surface area (Å²) >= 11 is 2.91. The number of aromatic nitrogens is 3. The van der Waals surface area contributed by atoms with Gasteiger partial charge in [-0.05, 0) is 18.6 Å². The second-order valence-electron chi connectivity index (χ2n) is 3.39. The molecule has 0 amide bonds. The highest BCUT2D eigenvalue weighted by Gasteiger charge is 2.24. The number of nitrogen functional groups attached to an aromatic ring is 1. The molecule has 0 aromatic carbocycles. The Bertz CT molecular complexity index is 389. The first-order valence-corrected chi connectivity index (χ1v) is 6.88. The predicted octanol–water partition coefficient (Wildman–Crippen LogP) is 0.737. The van der Waals surface area contributed by atoms with Crippen LogP contribution in [0.25, 0.3) is 0 Å². The number of carboxylic acids is 1. The van der Waals surface area contributed by atoms with Gasteiger partial charge in [-0.3, -0.25) is 4.79 Å². The van der Waals surface area contributed by atoms with Crippen LogP contribution in [-0.2, 0) is 4.79 Å². The van der Waals surface area contributed by atoms with Crippen LogP contribution >= 0.6 is 23.5 Å². The summed E-state index contributed by atoms with van der Waals surface area (Å²) in [4.78, 5) is 10.4. The van der Waals surface area contributed by atoms with E-state index in [4.69, 9.17) is 10.9 Å². The number of hydrogen-bond acceptors (Lipinski definition) is 6. The molecule has 2 rings (SSSR count). The molecule has 1 aromatic rings. The molecule has 8 heteroatoms. The molecule has 1 aromatic heterocycles. The van der Waals surface area contributed by atoms with Gasteiger partial charge in [-0.15, -0.1) is 10.2 Å². The molecule has 0 saturated carbocycles. The Kier molecular flexibility index (Phi) is 3.59. The zero-order valence-corrected chi connectivity index (χ0v) is 10.1. The van der Waals surface area contributed by atoms with E-state index in [2.05, 4.69) is 10.2 Å². The Labute approximate surface area is 101 Å². The minimum absolute atomic E-state index is 0.0485. The smallest absolute Gasteiger partial charge is 0.313 e. The van der Waals surface area contributed by atoms with Crippen LogP contribution in [0.2, 0.25) is 0 Å². The van der Waals surface area contributed by atoms with Crippen LogP contribution < -0.4 is 5.84 Å². The van der Waals surface area contributed by atoms with Crippen molar-refractivity contribution in [2.75, 3.05) is 17.3 Å². The molecule has 0 spiro atoms. The highest BCUT2D eigenvalue weighted by molar-refractivity contribution is 8.00. The number of carboxylic acid groups (broad SMARTS) is 1. The van der Waals surface area contributed by atoms with Gasteiger partial charge < -0.3 is 10.9 Å². The number of rotatable bonds is 4. The van der Waals surface area contributed by atoms with Gasteiger partial charge in [-0.2, -0.15) is 11.8 Å². The average Bonchev–Trinajstić information content (AvgIpc) is 2.84. The van der Waals surface area contributed by atoms with E-state index in [1.807, 2.05) is 11.8 Å². The van der Waals surface area contributed by atoms with Gasteiger partial charge in [0.05, 0.1) is 11.0 Å². The highest BCUT2D eigenvalue weighted by atomic mass is 32.2. The largest absolute Gasteiger partial charge is 0.481 e. The standard InChI is InChI=1S/C8H12N4O2S2/c9-12-7(5-2-1-3-15-5)10-11-8(12)16-4-6(13)14/h5H,1-4,9H2,(H,13,14). The summed E-state index contributed by atoms with van der Waals surface area (Å²) in [5.41, 5.74) is 0. The number of aliphatic carboxylic acids is 1. The predicted molar refractivity (Wildman–Crippen MR) is 63.0 cm³/mol. The van der Waals surface area contributed by atoms with Gasteiger partial charge >= 0.3 is 5.97 Å². The molecule has 1 fully saturated rings. The maximum atomic E-state index is 10.4. The second kappa shape index (κ2) is 4.96. The van der Waals surface area contributed by atoms with Crippen molar-refractivity contribution in [3.8, 4) is 0 Å². The molecular weight excluding hydrogens is 248 g/mol. The first kappa shape index (κ1) is 11.6. The van der Waals surface area contributed by atoms with E-state index in [9.17, 15) is 4.79 Å². The molecule has 0 aliphatic carbocycles. The lowest BCUT2D eigenvalue weighted by molar-refractivity contribution is -0.133.